The van der Waals surface area contributed by atoms with Gasteiger partial charge >= 0.3 is 0 Å². The maximum absolute atomic E-state index is 12.8. The van der Waals surface area contributed by atoms with Crippen molar-refractivity contribution in [3.63, 3.8) is 0 Å². The second-order valence-electron chi connectivity index (χ2n) is 4.84. The van der Waals surface area contributed by atoms with Crippen LogP contribution in [0.3, 0.4) is 0 Å². The van der Waals surface area contributed by atoms with E-state index in [0.717, 1.165) is 17.7 Å². The van der Waals surface area contributed by atoms with Crippen molar-refractivity contribution < 1.29 is 10.0 Å². The molecule has 3 N–H and O–H groups in total. The van der Waals surface area contributed by atoms with Crippen LogP contribution >= 0.6 is 11.8 Å². The van der Waals surface area contributed by atoms with Crippen LogP contribution in [0.4, 0.5) is 0 Å². The summed E-state index contributed by atoms with van der Waals surface area (Å²) in [5.41, 5.74) is 6.48. The average molecular weight is 309 g/mol. The first-order valence-corrected chi connectivity index (χ1v) is 8.24. The van der Waals surface area contributed by atoms with Crippen LogP contribution in [-0.4, -0.2) is 46.9 Å². The Bertz CT molecular complexity index is 479. The molecule has 2 atom stereocenters. The predicted molar refractivity (Wildman–Crippen MR) is 87.8 cm³/mol. The van der Waals surface area contributed by atoms with E-state index in [9.17, 15) is 4.79 Å². The summed E-state index contributed by atoms with van der Waals surface area (Å²) in [6.07, 6.45) is 2.87. The van der Waals surface area contributed by atoms with Crippen molar-refractivity contribution in [3.05, 3.63) is 35.9 Å². The Morgan fingerprint density at radius 1 is 1.43 bits per heavy atom. The Morgan fingerprint density at radius 3 is 2.52 bits per heavy atom. The van der Waals surface area contributed by atoms with E-state index in [-0.39, 0.29) is 17.8 Å². The molecule has 2 unspecified atom stereocenters. The van der Waals surface area contributed by atoms with Crippen LogP contribution < -0.4 is 5.73 Å². The molecule has 1 rings (SSSR count). The van der Waals surface area contributed by atoms with Gasteiger partial charge in [-0.05, 0) is 18.2 Å². The van der Waals surface area contributed by atoms with Crippen LogP contribution in [-0.2, 0) is 4.79 Å². The molecule has 0 heterocycles. The molecule has 0 aliphatic rings. The number of carbonyl (C=O) groups excluding carboxylic acids is 1. The lowest BCUT2D eigenvalue weighted by molar-refractivity contribution is -0.131. The van der Waals surface area contributed by atoms with E-state index in [1.807, 2.05) is 43.5 Å². The SMILES string of the molecule is CCC(CSC)N(C)C(=O)C(/C(N)=N/O)c1ccccc1. The van der Waals surface area contributed by atoms with E-state index in [4.69, 9.17) is 10.9 Å². The molecule has 0 fully saturated rings. The Labute approximate surface area is 130 Å². The van der Waals surface area contributed by atoms with Gasteiger partial charge in [-0.1, -0.05) is 42.4 Å². The molecule has 0 aromatic heterocycles. The van der Waals surface area contributed by atoms with Crippen LogP contribution in [0.25, 0.3) is 0 Å². The molecular weight excluding hydrogens is 286 g/mol. The summed E-state index contributed by atoms with van der Waals surface area (Å²) in [5.74, 6) is -0.136. The van der Waals surface area contributed by atoms with E-state index in [1.165, 1.54) is 0 Å². The van der Waals surface area contributed by atoms with Crippen molar-refractivity contribution in [1.82, 2.24) is 4.90 Å². The van der Waals surface area contributed by atoms with Gasteiger partial charge in [-0.25, -0.2) is 0 Å². The van der Waals surface area contributed by atoms with Gasteiger partial charge in [0.15, 0.2) is 5.84 Å². The molecule has 0 saturated heterocycles. The van der Waals surface area contributed by atoms with Crippen LogP contribution in [0.1, 0.15) is 24.8 Å². The molecule has 1 aromatic carbocycles. The Hall–Kier alpha value is -1.69. The fraction of sp³-hybridized carbons (Fsp3) is 0.467. The van der Waals surface area contributed by atoms with E-state index < -0.39 is 5.92 Å². The van der Waals surface area contributed by atoms with Crippen molar-refractivity contribution in [1.29, 1.82) is 0 Å². The maximum Gasteiger partial charge on any atom is 0.237 e. The lowest BCUT2D eigenvalue weighted by Gasteiger charge is -2.30. The third kappa shape index (κ3) is 4.39. The molecular formula is C15H23N3O2S. The first-order valence-electron chi connectivity index (χ1n) is 6.84. The van der Waals surface area contributed by atoms with Gasteiger partial charge in [-0.15, -0.1) is 0 Å². The molecule has 0 saturated carbocycles. The maximum atomic E-state index is 12.8. The number of rotatable bonds is 7. The van der Waals surface area contributed by atoms with E-state index in [2.05, 4.69) is 5.16 Å². The molecule has 5 nitrogen and oxygen atoms in total. The quantitative estimate of drug-likeness (QED) is 0.350. The highest BCUT2D eigenvalue weighted by Gasteiger charge is 2.30. The topological polar surface area (TPSA) is 78.9 Å². The smallest absolute Gasteiger partial charge is 0.237 e. The van der Waals surface area contributed by atoms with Gasteiger partial charge in [0.2, 0.25) is 5.91 Å². The number of thioether (sulfide) groups is 1. The second-order valence-corrected chi connectivity index (χ2v) is 5.75. The van der Waals surface area contributed by atoms with Gasteiger partial charge in [0, 0.05) is 18.8 Å². The number of hydrogen-bond acceptors (Lipinski definition) is 4. The zero-order chi connectivity index (χ0) is 15.8. The molecule has 6 heteroatoms. The van der Waals surface area contributed by atoms with Gasteiger partial charge in [0.25, 0.3) is 0 Å². The van der Waals surface area contributed by atoms with Crippen molar-refractivity contribution >= 4 is 23.5 Å². The molecule has 0 bridgehead atoms. The van der Waals surface area contributed by atoms with Gasteiger partial charge in [0.1, 0.15) is 5.92 Å². The summed E-state index contributed by atoms with van der Waals surface area (Å²) in [7, 11) is 1.77. The standard InChI is InChI=1S/C15H23N3O2S/c1-4-12(10-21-3)18(2)15(19)13(14(16)17-20)11-8-6-5-7-9-11/h5-9,12-13,20H,4,10H2,1-3H3,(H2,16,17). The van der Waals surface area contributed by atoms with Crippen molar-refractivity contribution in [3.8, 4) is 0 Å². The number of amidine groups is 1. The molecule has 116 valence electrons. The van der Waals surface area contributed by atoms with Gasteiger partial charge in [-0.2, -0.15) is 11.8 Å². The molecule has 0 aliphatic carbocycles. The van der Waals surface area contributed by atoms with Crippen LogP contribution in [0.2, 0.25) is 0 Å². The van der Waals surface area contributed by atoms with Crippen molar-refractivity contribution in [2.24, 2.45) is 10.9 Å². The average Bonchev–Trinajstić information content (AvgIpc) is 2.52. The predicted octanol–water partition coefficient (Wildman–Crippen LogP) is 2.12. The fourth-order valence-electron chi connectivity index (χ4n) is 2.22. The number of nitrogens with two attached hydrogens (primary N) is 1. The minimum atomic E-state index is -0.753. The monoisotopic (exact) mass is 309 g/mol. The highest BCUT2D eigenvalue weighted by atomic mass is 32.2. The van der Waals surface area contributed by atoms with E-state index in [1.54, 1.807) is 23.7 Å². The third-order valence-electron chi connectivity index (χ3n) is 3.52. The molecule has 21 heavy (non-hydrogen) atoms. The summed E-state index contributed by atoms with van der Waals surface area (Å²) >= 11 is 1.70. The van der Waals surface area contributed by atoms with Crippen molar-refractivity contribution in [2.75, 3.05) is 19.1 Å². The Morgan fingerprint density at radius 2 is 2.05 bits per heavy atom. The summed E-state index contributed by atoms with van der Waals surface area (Å²) in [6.45, 7) is 2.05. The lowest BCUT2D eigenvalue weighted by atomic mass is 9.96. The number of hydrogen-bond donors (Lipinski definition) is 2. The highest BCUT2D eigenvalue weighted by molar-refractivity contribution is 7.98. The number of oxime groups is 1. The van der Waals surface area contributed by atoms with Gasteiger partial charge < -0.3 is 15.8 Å². The Balaban J connectivity index is 3.07. The molecule has 0 aliphatic heterocycles. The highest BCUT2D eigenvalue weighted by Crippen LogP contribution is 2.21. The van der Waals surface area contributed by atoms with Gasteiger partial charge in [0.05, 0.1) is 0 Å². The zero-order valence-electron chi connectivity index (χ0n) is 12.7. The van der Waals surface area contributed by atoms with E-state index >= 15 is 0 Å². The number of carbonyl (C=O) groups is 1. The summed E-state index contributed by atoms with van der Waals surface area (Å²) < 4.78 is 0. The number of likely N-dealkylation sites (N-methyl/N-ethyl adjacent to an activating group) is 1. The number of nitrogens with zero attached hydrogens (tertiary/aromatic N) is 2. The number of amides is 1. The second kappa shape index (κ2) is 8.56. The molecule has 1 amide bonds. The Kier molecular flexibility index (Phi) is 7.08. The van der Waals surface area contributed by atoms with E-state index in [0.29, 0.717) is 0 Å². The van der Waals surface area contributed by atoms with Crippen LogP contribution in [0.15, 0.2) is 35.5 Å². The van der Waals surface area contributed by atoms with Crippen LogP contribution in [0, 0.1) is 0 Å². The van der Waals surface area contributed by atoms with Crippen LogP contribution in [0.5, 0.6) is 0 Å². The zero-order valence-corrected chi connectivity index (χ0v) is 13.5. The first-order chi connectivity index (χ1) is 10.1. The molecule has 1 aromatic rings. The number of benzene rings is 1. The summed E-state index contributed by atoms with van der Waals surface area (Å²) in [5, 5.41) is 12.0. The normalized spacial score (nSPS) is 14.5. The fourth-order valence-corrected chi connectivity index (χ4v) is 3.07. The van der Waals surface area contributed by atoms with Gasteiger partial charge in [-0.3, -0.25) is 4.79 Å². The first kappa shape index (κ1) is 17.4. The largest absolute Gasteiger partial charge is 0.409 e. The lowest BCUT2D eigenvalue weighted by Crippen LogP contribution is -2.44. The summed E-state index contributed by atoms with van der Waals surface area (Å²) in [4.78, 5) is 14.5. The van der Waals surface area contributed by atoms with Crippen molar-refractivity contribution in [2.45, 2.75) is 25.3 Å². The molecule has 0 spiro atoms. The molecule has 0 radical (unpaired) electrons. The third-order valence-corrected chi connectivity index (χ3v) is 4.23. The minimum Gasteiger partial charge on any atom is -0.409 e. The summed E-state index contributed by atoms with van der Waals surface area (Å²) in [6, 6.07) is 9.28. The minimum absolute atomic E-state index is 0.0861.